The Kier molecular flexibility index (Phi) is 4.88. The van der Waals surface area contributed by atoms with Crippen molar-refractivity contribution in [1.29, 1.82) is 0 Å². The minimum Gasteiger partial charge on any atom is -0.308 e. The molecule has 0 radical (unpaired) electrons. The van der Waals surface area contributed by atoms with Crippen LogP contribution in [0, 0.1) is 13.8 Å². The van der Waals surface area contributed by atoms with Crippen LogP contribution in [0.1, 0.15) is 27.0 Å². The van der Waals surface area contributed by atoms with Gasteiger partial charge in [-0.3, -0.25) is 9.52 Å². The fourth-order valence-electron chi connectivity index (χ4n) is 3.66. The van der Waals surface area contributed by atoms with Crippen LogP contribution < -0.4 is 9.62 Å². The van der Waals surface area contributed by atoms with Crippen LogP contribution in [0.3, 0.4) is 0 Å². The molecule has 0 atom stereocenters. The summed E-state index contributed by atoms with van der Waals surface area (Å²) in [5.41, 5.74) is 4.59. The van der Waals surface area contributed by atoms with Gasteiger partial charge >= 0.3 is 0 Å². The minimum atomic E-state index is -3.72. The lowest BCUT2D eigenvalue weighted by Crippen LogP contribution is -2.28. The van der Waals surface area contributed by atoms with Gasteiger partial charge < -0.3 is 4.90 Å². The van der Waals surface area contributed by atoms with Crippen LogP contribution in [-0.2, 0) is 16.4 Å². The highest BCUT2D eigenvalue weighted by Gasteiger charge is 2.27. The van der Waals surface area contributed by atoms with Gasteiger partial charge in [-0.05, 0) is 67.3 Å². The Morgan fingerprint density at radius 1 is 0.931 bits per heavy atom. The first kappa shape index (κ1) is 19.2. The Morgan fingerprint density at radius 2 is 1.62 bits per heavy atom. The molecular formula is C23H22N2O3S. The number of rotatable bonds is 4. The molecule has 1 aliphatic heterocycles. The largest absolute Gasteiger partial charge is 0.308 e. The second-order valence-electron chi connectivity index (χ2n) is 7.24. The number of amides is 1. The number of carbonyl (C=O) groups is 1. The molecule has 4 rings (SSSR count). The molecule has 3 aromatic rings. The van der Waals surface area contributed by atoms with Crippen molar-refractivity contribution in [1.82, 2.24) is 0 Å². The maximum atomic E-state index is 13.0. The molecule has 1 aliphatic rings. The van der Waals surface area contributed by atoms with Gasteiger partial charge in [-0.2, -0.15) is 0 Å². The molecule has 0 bridgehead atoms. The average molecular weight is 407 g/mol. The van der Waals surface area contributed by atoms with Gasteiger partial charge in [-0.25, -0.2) is 8.42 Å². The summed E-state index contributed by atoms with van der Waals surface area (Å²) in [5, 5.41) is 0. The molecule has 148 valence electrons. The van der Waals surface area contributed by atoms with Gasteiger partial charge in [0.1, 0.15) is 0 Å². The Labute approximate surface area is 171 Å². The fraction of sp³-hybridized carbons (Fsp3) is 0.174. The minimum absolute atomic E-state index is 0.0754. The molecule has 0 saturated heterocycles. The van der Waals surface area contributed by atoms with E-state index in [1.54, 1.807) is 35.2 Å². The highest BCUT2D eigenvalue weighted by atomic mass is 32.2. The number of carbonyl (C=O) groups excluding carboxylic acids is 1. The van der Waals surface area contributed by atoms with Gasteiger partial charge in [0.05, 0.1) is 10.6 Å². The topological polar surface area (TPSA) is 66.5 Å². The first-order valence-electron chi connectivity index (χ1n) is 9.46. The summed E-state index contributed by atoms with van der Waals surface area (Å²) in [5.74, 6) is -0.0754. The first-order valence-corrected chi connectivity index (χ1v) is 10.9. The molecule has 3 aromatic carbocycles. The number of hydrogen-bond acceptors (Lipinski definition) is 3. The standard InChI is InChI=1S/C23H22N2O3S/c1-16-7-6-8-17(2)22(16)24-29(27,28)20-11-12-21-19(15-20)13-14-25(21)23(26)18-9-4-3-5-10-18/h3-12,15,24H,13-14H2,1-2H3. The van der Waals surface area contributed by atoms with Crippen molar-refractivity contribution in [3.05, 3.63) is 89.0 Å². The van der Waals surface area contributed by atoms with E-state index >= 15 is 0 Å². The van der Waals surface area contributed by atoms with Crippen molar-refractivity contribution in [3.8, 4) is 0 Å². The number of benzene rings is 3. The summed E-state index contributed by atoms with van der Waals surface area (Å²) in [6.07, 6.45) is 0.626. The zero-order chi connectivity index (χ0) is 20.6. The second-order valence-corrected chi connectivity index (χ2v) is 8.92. The van der Waals surface area contributed by atoms with Crippen LogP contribution >= 0.6 is 0 Å². The molecule has 0 saturated carbocycles. The molecule has 0 fully saturated rings. The van der Waals surface area contributed by atoms with Crippen LogP contribution in [-0.4, -0.2) is 20.9 Å². The summed E-state index contributed by atoms with van der Waals surface area (Å²) < 4.78 is 28.6. The van der Waals surface area contributed by atoms with Crippen molar-refractivity contribution < 1.29 is 13.2 Å². The Hall–Kier alpha value is -3.12. The van der Waals surface area contributed by atoms with Crippen LogP contribution in [0.2, 0.25) is 0 Å². The van der Waals surface area contributed by atoms with E-state index in [1.807, 2.05) is 50.2 Å². The third kappa shape index (κ3) is 3.63. The van der Waals surface area contributed by atoms with Crippen LogP contribution in [0.15, 0.2) is 71.6 Å². The normalized spacial score (nSPS) is 13.2. The Balaban J connectivity index is 1.63. The average Bonchev–Trinajstić information content (AvgIpc) is 3.14. The first-order chi connectivity index (χ1) is 13.9. The third-order valence-electron chi connectivity index (χ3n) is 5.24. The van der Waals surface area contributed by atoms with Crippen molar-refractivity contribution in [2.75, 3.05) is 16.2 Å². The lowest BCUT2D eigenvalue weighted by molar-refractivity contribution is 0.0989. The molecule has 5 nitrogen and oxygen atoms in total. The Bertz CT molecular complexity index is 1170. The van der Waals surface area contributed by atoms with E-state index < -0.39 is 10.0 Å². The van der Waals surface area contributed by atoms with E-state index in [9.17, 15) is 13.2 Å². The third-order valence-corrected chi connectivity index (χ3v) is 6.59. The van der Waals surface area contributed by atoms with E-state index in [4.69, 9.17) is 0 Å². The summed E-state index contributed by atoms with van der Waals surface area (Å²) in [6.45, 7) is 4.29. The van der Waals surface area contributed by atoms with E-state index in [-0.39, 0.29) is 10.8 Å². The number of nitrogens with zero attached hydrogens (tertiary/aromatic N) is 1. The maximum Gasteiger partial charge on any atom is 0.261 e. The van der Waals surface area contributed by atoms with Crippen LogP contribution in [0.25, 0.3) is 0 Å². The van der Waals surface area contributed by atoms with Gasteiger partial charge in [0, 0.05) is 17.8 Å². The maximum absolute atomic E-state index is 13.0. The lowest BCUT2D eigenvalue weighted by Gasteiger charge is -2.18. The van der Waals surface area contributed by atoms with Gasteiger partial charge in [-0.1, -0.05) is 36.4 Å². The number of aryl methyl sites for hydroxylation is 2. The molecule has 1 heterocycles. The number of hydrogen-bond donors (Lipinski definition) is 1. The fourth-order valence-corrected chi connectivity index (χ4v) is 4.91. The van der Waals surface area contributed by atoms with Crippen molar-refractivity contribution in [3.63, 3.8) is 0 Å². The van der Waals surface area contributed by atoms with Gasteiger partial charge in [0.25, 0.3) is 15.9 Å². The second kappa shape index (κ2) is 7.37. The quantitative estimate of drug-likeness (QED) is 0.702. The zero-order valence-electron chi connectivity index (χ0n) is 16.3. The molecule has 0 unspecified atom stereocenters. The van der Waals surface area contributed by atoms with E-state index in [0.717, 1.165) is 22.4 Å². The predicted octanol–water partition coefficient (Wildman–Crippen LogP) is 4.31. The number of sulfonamides is 1. The molecule has 0 spiro atoms. The number of anilines is 2. The summed E-state index contributed by atoms with van der Waals surface area (Å²) in [6, 6.07) is 19.7. The lowest BCUT2D eigenvalue weighted by atomic mass is 10.1. The molecule has 0 aromatic heterocycles. The van der Waals surface area contributed by atoms with E-state index in [0.29, 0.717) is 24.2 Å². The predicted molar refractivity (Wildman–Crippen MR) is 115 cm³/mol. The monoisotopic (exact) mass is 406 g/mol. The molecule has 1 amide bonds. The van der Waals surface area contributed by atoms with Crippen molar-refractivity contribution in [2.24, 2.45) is 0 Å². The highest BCUT2D eigenvalue weighted by molar-refractivity contribution is 7.92. The zero-order valence-corrected chi connectivity index (χ0v) is 17.2. The van der Waals surface area contributed by atoms with Gasteiger partial charge in [0.15, 0.2) is 0 Å². The number of para-hydroxylation sites is 1. The van der Waals surface area contributed by atoms with Gasteiger partial charge in [-0.15, -0.1) is 0 Å². The summed E-state index contributed by atoms with van der Waals surface area (Å²) >= 11 is 0. The van der Waals surface area contributed by atoms with Crippen molar-refractivity contribution in [2.45, 2.75) is 25.2 Å². The molecule has 29 heavy (non-hydrogen) atoms. The Morgan fingerprint density at radius 3 is 2.31 bits per heavy atom. The SMILES string of the molecule is Cc1cccc(C)c1NS(=O)(=O)c1ccc2c(c1)CCN2C(=O)c1ccccc1. The highest BCUT2D eigenvalue weighted by Crippen LogP contribution is 2.32. The van der Waals surface area contributed by atoms with Gasteiger partial charge in [0.2, 0.25) is 0 Å². The number of fused-ring (bicyclic) bond motifs is 1. The molecule has 6 heteroatoms. The molecule has 0 aliphatic carbocycles. The van der Waals surface area contributed by atoms with E-state index in [2.05, 4.69) is 4.72 Å². The summed E-state index contributed by atoms with van der Waals surface area (Å²) in [4.78, 5) is 14.7. The molecule has 1 N–H and O–H groups in total. The smallest absolute Gasteiger partial charge is 0.261 e. The summed E-state index contributed by atoms with van der Waals surface area (Å²) in [7, 11) is -3.72. The number of nitrogens with one attached hydrogen (secondary N) is 1. The van der Waals surface area contributed by atoms with E-state index in [1.165, 1.54) is 0 Å². The van der Waals surface area contributed by atoms with Crippen LogP contribution in [0.5, 0.6) is 0 Å². The van der Waals surface area contributed by atoms with Crippen molar-refractivity contribution >= 4 is 27.3 Å². The van der Waals surface area contributed by atoms with Crippen LogP contribution in [0.4, 0.5) is 11.4 Å². The molecular weight excluding hydrogens is 384 g/mol.